The number of rotatable bonds is 20. The lowest BCUT2D eigenvalue weighted by Gasteiger charge is -2.25. The van der Waals surface area contributed by atoms with Gasteiger partial charge in [0.25, 0.3) is 0 Å². The molecule has 0 rings (SSSR count). The molecule has 3 unspecified atom stereocenters. The molecule has 0 aromatic heterocycles. The van der Waals surface area contributed by atoms with Crippen LogP contribution in [-0.4, -0.2) is 73.4 Å². The number of quaternary nitrogens is 1. The van der Waals surface area contributed by atoms with E-state index in [1.54, 1.807) is 6.08 Å². The van der Waals surface area contributed by atoms with E-state index in [0.717, 1.165) is 38.5 Å². The summed E-state index contributed by atoms with van der Waals surface area (Å²) in [6.07, 6.45) is 14.8. The summed E-state index contributed by atoms with van der Waals surface area (Å²) in [5.41, 5.74) is 0. The van der Waals surface area contributed by atoms with E-state index in [9.17, 15) is 19.4 Å². The van der Waals surface area contributed by atoms with Crippen molar-refractivity contribution in [3.63, 3.8) is 0 Å². The van der Waals surface area contributed by atoms with Gasteiger partial charge in [-0.3, -0.25) is 13.8 Å². The molecule has 0 aromatic rings. The summed E-state index contributed by atoms with van der Waals surface area (Å²) in [4.78, 5) is 22.2. The third kappa shape index (κ3) is 20.1. The summed E-state index contributed by atoms with van der Waals surface area (Å²) in [7, 11) is 1.54. The molecule has 0 radical (unpaired) electrons. The van der Waals surface area contributed by atoms with Crippen molar-refractivity contribution in [3.05, 3.63) is 24.3 Å². The highest BCUT2D eigenvalue weighted by Gasteiger charge is 2.27. The number of nitrogens with one attached hydrogen (secondary N) is 1. The fraction of sp³-hybridized carbons (Fsp3) is 0.792. The Labute approximate surface area is 201 Å². The normalized spacial score (nSPS) is 16.2. The van der Waals surface area contributed by atoms with Crippen molar-refractivity contribution in [2.24, 2.45) is 0 Å². The van der Waals surface area contributed by atoms with Crippen LogP contribution in [0.4, 0.5) is 0 Å². The van der Waals surface area contributed by atoms with Gasteiger partial charge in [-0.25, -0.2) is 4.57 Å². The fourth-order valence-corrected chi connectivity index (χ4v) is 3.54. The molecule has 0 aromatic carbocycles. The van der Waals surface area contributed by atoms with Gasteiger partial charge in [-0.05, 0) is 25.7 Å². The Bertz CT molecular complexity index is 619. The van der Waals surface area contributed by atoms with Crippen LogP contribution in [0.2, 0.25) is 0 Å². The predicted octanol–water partition coefficient (Wildman–Crippen LogP) is 4.34. The molecule has 0 aliphatic heterocycles. The highest BCUT2D eigenvalue weighted by Crippen LogP contribution is 2.43. The number of phosphoric ester groups is 1. The highest BCUT2D eigenvalue weighted by molar-refractivity contribution is 7.47. The summed E-state index contributed by atoms with van der Waals surface area (Å²) in [6.45, 7) is 4.47. The number of aliphatic hydroxyl groups excluding tert-OH is 1. The van der Waals surface area contributed by atoms with Crippen LogP contribution in [0.5, 0.6) is 0 Å². The first kappa shape index (κ1) is 32.0. The number of phosphoric acid groups is 1. The smallest absolute Gasteiger partial charge is 0.387 e. The predicted molar refractivity (Wildman–Crippen MR) is 134 cm³/mol. The van der Waals surface area contributed by atoms with Gasteiger partial charge in [0.15, 0.2) is 0 Å². The number of aliphatic hydroxyl groups is 1. The number of unbranched alkanes of at least 4 members (excludes halogenated alkanes) is 5. The van der Waals surface area contributed by atoms with Crippen LogP contribution in [0.3, 0.4) is 0 Å². The molecule has 0 saturated carbocycles. The van der Waals surface area contributed by atoms with Gasteiger partial charge in [0.2, 0.25) is 5.91 Å². The average Bonchev–Trinajstić information content (AvgIpc) is 2.72. The summed E-state index contributed by atoms with van der Waals surface area (Å²) in [5.74, 6) is -0.220. The quantitative estimate of drug-likeness (QED) is 0.101. The maximum absolute atomic E-state index is 12.3. The molecule has 3 N–H and O–H groups in total. The minimum atomic E-state index is -4.30. The van der Waals surface area contributed by atoms with Crippen molar-refractivity contribution in [1.29, 1.82) is 0 Å². The van der Waals surface area contributed by atoms with E-state index >= 15 is 0 Å². The zero-order chi connectivity index (χ0) is 25.2. The molecule has 0 heterocycles. The van der Waals surface area contributed by atoms with Gasteiger partial charge in [-0.1, -0.05) is 63.8 Å². The first-order valence-electron chi connectivity index (χ1n) is 12.2. The largest absolute Gasteiger partial charge is 0.472 e. The van der Waals surface area contributed by atoms with Crippen molar-refractivity contribution in [1.82, 2.24) is 5.32 Å². The number of carbonyl (C=O) groups is 1. The Morgan fingerprint density at radius 1 is 1.00 bits per heavy atom. The minimum Gasteiger partial charge on any atom is -0.387 e. The Morgan fingerprint density at radius 2 is 1.64 bits per heavy atom. The number of likely N-dealkylation sites (N-methyl/N-ethyl adjacent to an activating group) is 1. The number of nitrogens with zero attached hydrogens (tertiary/aromatic N) is 1. The molecular weight excluding hydrogens is 443 g/mol. The number of amides is 1. The molecular formula is C24H48N2O6P+. The lowest BCUT2D eigenvalue weighted by molar-refractivity contribution is -0.870. The zero-order valence-electron chi connectivity index (χ0n) is 21.4. The second-order valence-electron chi connectivity index (χ2n) is 9.35. The molecule has 33 heavy (non-hydrogen) atoms. The lowest BCUT2D eigenvalue weighted by atomic mass is 10.1. The van der Waals surface area contributed by atoms with E-state index in [0.29, 0.717) is 17.4 Å². The standard InChI is InChI=1S/C24H47N2O6P/c1-6-8-10-11-12-13-14-16-17-23(27)22(25-24(28)18-15-9-7-2)21-32-33(29,30)31-20-19-26(3,4)5/h11-12,16-17,22-23,27H,6-10,13-15,18-21H2,1-5H3,(H-,25,28,29,30)/p+1/b12-11+,17-16+. The van der Waals surface area contributed by atoms with Crippen molar-refractivity contribution >= 4 is 13.7 Å². The van der Waals surface area contributed by atoms with E-state index in [-0.39, 0.29) is 19.1 Å². The maximum atomic E-state index is 12.3. The fourth-order valence-electron chi connectivity index (χ4n) is 2.80. The van der Waals surface area contributed by atoms with Crippen LogP contribution >= 0.6 is 7.82 Å². The van der Waals surface area contributed by atoms with Gasteiger partial charge < -0.3 is 19.8 Å². The van der Waals surface area contributed by atoms with Crippen LogP contribution < -0.4 is 5.32 Å². The van der Waals surface area contributed by atoms with E-state index < -0.39 is 20.0 Å². The Hall–Kier alpha value is -1.02. The maximum Gasteiger partial charge on any atom is 0.472 e. The third-order valence-electron chi connectivity index (χ3n) is 4.92. The SMILES string of the molecule is CCCC/C=C/CC/C=C/C(O)C(COP(=O)(O)OCC[N+](C)(C)C)NC(=O)CCCCC. The number of hydrogen-bond acceptors (Lipinski definition) is 5. The van der Waals surface area contributed by atoms with Gasteiger partial charge in [0.05, 0.1) is 39.9 Å². The first-order valence-corrected chi connectivity index (χ1v) is 13.7. The minimum absolute atomic E-state index is 0.0551. The van der Waals surface area contributed by atoms with Crippen LogP contribution in [-0.2, 0) is 18.4 Å². The molecule has 0 aliphatic rings. The van der Waals surface area contributed by atoms with Crippen molar-refractivity contribution in [3.8, 4) is 0 Å². The van der Waals surface area contributed by atoms with Crippen molar-refractivity contribution in [2.75, 3.05) is 40.9 Å². The molecule has 1 amide bonds. The molecule has 0 aliphatic carbocycles. The Morgan fingerprint density at radius 3 is 2.27 bits per heavy atom. The zero-order valence-corrected chi connectivity index (χ0v) is 22.3. The second kappa shape index (κ2) is 18.3. The molecule has 0 saturated heterocycles. The second-order valence-corrected chi connectivity index (χ2v) is 10.8. The molecule has 8 nitrogen and oxygen atoms in total. The average molecular weight is 492 g/mol. The van der Waals surface area contributed by atoms with Gasteiger partial charge in [0, 0.05) is 6.42 Å². The number of allylic oxidation sites excluding steroid dienone is 3. The monoisotopic (exact) mass is 491 g/mol. The number of carbonyl (C=O) groups excluding carboxylic acids is 1. The lowest BCUT2D eigenvalue weighted by Crippen LogP contribution is -2.45. The van der Waals surface area contributed by atoms with Gasteiger partial charge in [0.1, 0.15) is 13.2 Å². The van der Waals surface area contributed by atoms with Crippen LogP contribution in [0.25, 0.3) is 0 Å². The first-order chi connectivity index (χ1) is 15.5. The van der Waals surface area contributed by atoms with Crippen molar-refractivity contribution in [2.45, 2.75) is 83.8 Å². The van der Waals surface area contributed by atoms with E-state index in [4.69, 9.17) is 9.05 Å². The van der Waals surface area contributed by atoms with E-state index in [1.807, 2.05) is 27.2 Å². The molecule has 0 spiro atoms. The molecule has 0 bridgehead atoms. The van der Waals surface area contributed by atoms with E-state index in [1.165, 1.54) is 12.8 Å². The Kier molecular flexibility index (Phi) is 17.8. The number of hydrogen-bond donors (Lipinski definition) is 3. The van der Waals surface area contributed by atoms with Gasteiger partial charge in [-0.2, -0.15) is 0 Å². The molecule has 0 fully saturated rings. The topological polar surface area (TPSA) is 105 Å². The van der Waals surface area contributed by atoms with Crippen LogP contribution in [0, 0.1) is 0 Å². The van der Waals surface area contributed by atoms with Crippen molar-refractivity contribution < 1.29 is 32.9 Å². The van der Waals surface area contributed by atoms with Crippen LogP contribution in [0.15, 0.2) is 24.3 Å². The summed E-state index contributed by atoms with van der Waals surface area (Å²) in [6, 6.07) is -0.849. The summed E-state index contributed by atoms with van der Waals surface area (Å²) >= 11 is 0. The molecule has 3 atom stereocenters. The van der Waals surface area contributed by atoms with E-state index in [2.05, 4.69) is 31.3 Å². The van der Waals surface area contributed by atoms with Crippen LogP contribution in [0.1, 0.15) is 71.6 Å². The van der Waals surface area contributed by atoms with Gasteiger partial charge in [-0.15, -0.1) is 0 Å². The summed E-state index contributed by atoms with van der Waals surface area (Å²) in [5, 5.41) is 13.3. The highest BCUT2D eigenvalue weighted by atomic mass is 31.2. The summed E-state index contributed by atoms with van der Waals surface area (Å²) < 4.78 is 22.9. The molecule has 9 heteroatoms. The molecule has 194 valence electrons. The third-order valence-corrected chi connectivity index (χ3v) is 5.91. The van der Waals surface area contributed by atoms with Gasteiger partial charge >= 0.3 is 7.82 Å². The Balaban J connectivity index is 4.81.